The minimum Gasteiger partial charge on any atom is -0.333 e. The van der Waals surface area contributed by atoms with Crippen molar-refractivity contribution >= 4 is 17.2 Å². The molecule has 1 aliphatic heterocycles. The predicted octanol–water partition coefficient (Wildman–Crippen LogP) is 2.03. The van der Waals surface area contributed by atoms with E-state index >= 15 is 0 Å². The third-order valence-corrected chi connectivity index (χ3v) is 4.70. The summed E-state index contributed by atoms with van der Waals surface area (Å²) in [6, 6.07) is 4.29. The highest BCUT2D eigenvalue weighted by atomic mass is 32.1. The van der Waals surface area contributed by atoms with Crippen LogP contribution in [0.2, 0.25) is 0 Å². The number of carbonyl (C=O) groups is 1. The molecule has 0 aliphatic carbocycles. The van der Waals surface area contributed by atoms with E-state index in [1.807, 2.05) is 25.4 Å². The molecule has 1 fully saturated rings. The topological polar surface area (TPSA) is 56.1 Å². The second-order valence-corrected chi connectivity index (χ2v) is 6.00. The van der Waals surface area contributed by atoms with Crippen molar-refractivity contribution < 1.29 is 4.79 Å². The first-order valence-corrected chi connectivity index (χ1v) is 7.47. The van der Waals surface area contributed by atoms with Gasteiger partial charge in [0.15, 0.2) is 0 Å². The SMILES string of the molecule is CCc1ccsc1C(=O)NC1(C#N)CCN(C)CC1. The lowest BCUT2D eigenvalue weighted by Gasteiger charge is -2.35. The molecular formula is C14H19N3OS. The Morgan fingerprint density at radius 2 is 2.26 bits per heavy atom. The Morgan fingerprint density at radius 1 is 1.58 bits per heavy atom. The summed E-state index contributed by atoms with van der Waals surface area (Å²) in [5.74, 6) is -0.0991. The molecule has 102 valence electrons. The fraction of sp³-hybridized carbons (Fsp3) is 0.571. The van der Waals surface area contributed by atoms with E-state index in [1.165, 1.54) is 11.3 Å². The second-order valence-electron chi connectivity index (χ2n) is 5.08. The van der Waals surface area contributed by atoms with Gasteiger partial charge in [-0.3, -0.25) is 4.79 Å². The van der Waals surface area contributed by atoms with E-state index < -0.39 is 5.54 Å². The molecule has 1 aromatic heterocycles. The fourth-order valence-corrected chi connectivity index (χ4v) is 3.24. The highest BCUT2D eigenvalue weighted by Crippen LogP contribution is 2.23. The van der Waals surface area contributed by atoms with Crippen LogP contribution in [0.15, 0.2) is 11.4 Å². The van der Waals surface area contributed by atoms with Gasteiger partial charge in [0.1, 0.15) is 5.54 Å². The van der Waals surface area contributed by atoms with E-state index in [0.717, 1.165) is 30.0 Å². The van der Waals surface area contributed by atoms with Gasteiger partial charge in [-0.25, -0.2) is 0 Å². The van der Waals surface area contributed by atoms with E-state index in [1.54, 1.807) is 0 Å². The van der Waals surface area contributed by atoms with Gasteiger partial charge in [-0.2, -0.15) is 5.26 Å². The molecule has 0 spiro atoms. The quantitative estimate of drug-likeness (QED) is 0.919. The van der Waals surface area contributed by atoms with Crippen molar-refractivity contribution in [1.82, 2.24) is 10.2 Å². The number of amides is 1. The maximum Gasteiger partial charge on any atom is 0.262 e. The first-order chi connectivity index (χ1) is 9.10. The van der Waals surface area contributed by atoms with E-state index in [4.69, 9.17) is 0 Å². The Hall–Kier alpha value is -1.38. The highest BCUT2D eigenvalue weighted by molar-refractivity contribution is 7.12. The first kappa shape index (κ1) is 14.0. The van der Waals surface area contributed by atoms with Gasteiger partial charge in [0.25, 0.3) is 5.91 Å². The van der Waals surface area contributed by atoms with Crippen LogP contribution in [0.3, 0.4) is 0 Å². The largest absolute Gasteiger partial charge is 0.333 e. The summed E-state index contributed by atoms with van der Waals surface area (Å²) in [4.78, 5) is 15.3. The van der Waals surface area contributed by atoms with E-state index in [9.17, 15) is 10.1 Å². The first-order valence-electron chi connectivity index (χ1n) is 6.59. The number of thiophene rings is 1. The molecule has 0 radical (unpaired) electrons. The molecule has 0 bridgehead atoms. The minimum atomic E-state index is -0.696. The van der Waals surface area contributed by atoms with E-state index in [0.29, 0.717) is 12.8 Å². The number of carbonyl (C=O) groups excluding carboxylic acids is 1. The van der Waals surface area contributed by atoms with Crippen LogP contribution < -0.4 is 5.32 Å². The van der Waals surface area contributed by atoms with E-state index in [-0.39, 0.29) is 5.91 Å². The van der Waals surface area contributed by atoms with Gasteiger partial charge in [-0.05, 0) is 43.3 Å². The number of hydrogen-bond donors (Lipinski definition) is 1. The molecular weight excluding hydrogens is 258 g/mol. The van der Waals surface area contributed by atoms with Gasteiger partial charge in [-0.1, -0.05) is 6.92 Å². The normalized spacial score (nSPS) is 18.8. The van der Waals surface area contributed by atoms with Gasteiger partial charge in [0.05, 0.1) is 10.9 Å². The van der Waals surface area contributed by atoms with Crippen LogP contribution in [0.4, 0.5) is 0 Å². The predicted molar refractivity (Wildman–Crippen MR) is 76.2 cm³/mol. The van der Waals surface area contributed by atoms with Gasteiger partial charge < -0.3 is 10.2 Å². The maximum absolute atomic E-state index is 12.3. The fourth-order valence-electron chi connectivity index (χ4n) is 2.35. The van der Waals surface area contributed by atoms with Crippen molar-refractivity contribution in [1.29, 1.82) is 5.26 Å². The standard InChI is InChI=1S/C14H19N3OS/c1-3-11-4-9-19-12(11)13(18)16-14(10-15)5-7-17(2)8-6-14/h4,9H,3,5-8H2,1-2H3,(H,16,18). The number of aryl methyl sites for hydroxylation is 1. The van der Waals surface area contributed by atoms with Crippen LogP contribution in [0, 0.1) is 11.3 Å². The van der Waals surface area contributed by atoms with Crippen LogP contribution >= 0.6 is 11.3 Å². The Balaban J connectivity index is 2.11. The number of nitrogens with one attached hydrogen (secondary N) is 1. The van der Waals surface area contributed by atoms with Crippen LogP contribution in [0.1, 0.15) is 35.0 Å². The molecule has 1 amide bonds. The van der Waals surface area contributed by atoms with Gasteiger partial charge in [0, 0.05) is 13.1 Å². The lowest BCUT2D eigenvalue weighted by Crippen LogP contribution is -2.53. The monoisotopic (exact) mass is 277 g/mol. The van der Waals surface area contributed by atoms with Crippen LogP contribution in [0.5, 0.6) is 0 Å². The van der Waals surface area contributed by atoms with E-state index in [2.05, 4.69) is 16.3 Å². The lowest BCUT2D eigenvalue weighted by atomic mass is 9.89. The van der Waals surface area contributed by atoms with Crippen molar-refractivity contribution in [2.24, 2.45) is 0 Å². The molecule has 0 saturated carbocycles. The minimum absolute atomic E-state index is 0.0991. The molecule has 2 heterocycles. The molecule has 2 rings (SSSR count). The third-order valence-electron chi connectivity index (χ3n) is 3.74. The number of nitrogens with zero attached hydrogens (tertiary/aromatic N) is 2. The molecule has 4 nitrogen and oxygen atoms in total. The highest BCUT2D eigenvalue weighted by Gasteiger charge is 2.35. The zero-order valence-corrected chi connectivity index (χ0v) is 12.2. The zero-order chi connectivity index (χ0) is 13.9. The summed E-state index contributed by atoms with van der Waals surface area (Å²) < 4.78 is 0. The average Bonchev–Trinajstić information content (AvgIpc) is 2.90. The van der Waals surface area contributed by atoms with Gasteiger partial charge >= 0.3 is 0 Å². The molecule has 5 heteroatoms. The third kappa shape index (κ3) is 2.96. The molecule has 1 aliphatic rings. The number of nitriles is 1. The molecule has 0 aromatic carbocycles. The molecule has 0 atom stereocenters. The number of piperidine rings is 1. The van der Waals surface area contributed by atoms with Gasteiger partial charge in [-0.15, -0.1) is 11.3 Å². The summed E-state index contributed by atoms with van der Waals surface area (Å²) in [5.41, 5.74) is 0.363. The van der Waals surface area contributed by atoms with Crippen molar-refractivity contribution in [3.8, 4) is 6.07 Å². The summed E-state index contributed by atoms with van der Waals surface area (Å²) in [5, 5.41) is 14.3. The van der Waals surface area contributed by atoms with Crippen molar-refractivity contribution in [2.75, 3.05) is 20.1 Å². The number of hydrogen-bond acceptors (Lipinski definition) is 4. The Kier molecular flexibility index (Phi) is 4.23. The Labute approximate surface area is 118 Å². The number of likely N-dealkylation sites (tertiary alicyclic amines) is 1. The maximum atomic E-state index is 12.3. The Morgan fingerprint density at radius 3 is 2.84 bits per heavy atom. The molecule has 1 saturated heterocycles. The molecule has 19 heavy (non-hydrogen) atoms. The molecule has 1 N–H and O–H groups in total. The average molecular weight is 277 g/mol. The van der Waals surface area contributed by atoms with Crippen molar-refractivity contribution in [2.45, 2.75) is 31.7 Å². The zero-order valence-electron chi connectivity index (χ0n) is 11.4. The van der Waals surface area contributed by atoms with Gasteiger partial charge in [0.2, 0.25) is 0 Å². The van der Waals surface area contributed by atoms with Crippen LogP contribution in [0.25, 0.3) is 0 Å². The van der Waals surface area contributed by atoms with Crippen LogP contribution in [-0.4, -0.2) is 36.5 Å². The van der Waals surface area contributed by atoms with Crippen molar-refractivity contribution in [3.05, 3.63) is 21.9 Å². The second kappa shape index (κ2) is 5.72. The summed E-state index contributed by atoms with van der Waals surface area (Å²) in [6.45, 7) is 3.73. The summed E-state index contributed by atoms with van der Waals surface area (Å²) >= 11 is 1.45. The molecule has 0 unspecified atom stereocenters. The summed E-state index contributed by atoms with van der Waals surface area (Å²) in [7, 11) is 2.04. The smallest absolute Gasteiger partial charge is 0.262 e. The Bertz CT molecular complexity index is 495. The lowest BCUT2D eigenvalue weighted by molar-refractivity contribution is 0.0885. The number of rotatable bonds is 3. The molecule has 1 aromatic rings. The summed E-state index contributed by atoms with van der Waals surface area (Å²) in [6.07, 6.45) is 2.23. The van der Waals surface area contributed by atoms with Crippen LogP contribution in [-0.2, 0) is 6.42 Å². The van der Waals surface area contributed by atoms with Crippen molar-refractivity contribution in [3.63, 3.8) is 0 Å².